The lowest BCUT2D eigenvalue weighted by atomic mass is 10.2. The van der Waals surface area contributed by atoms with Gasteiger partial charge < -0.3 is 4.74 Å². The van der Waals surface area contributed by atoms with E-state index in [0.29, 0.717) is 17.9 Å². The summed E-state index contributed by atoms with van der Waals surface area (Å²) in [5.74, 6) is 0.505. The first-order valence-corrected chi connectivity index (χ1v) is 6.48. The molecule has 1 heterocycles. The molecule has 0 aliphatic heterocycles. The van der Waals surface area contributed by atoms with E-state index < -0.39 is 0 Å². The molecule has 3 nitrogen and oxygen atoms in total. The smallest absolute Gasteiger partial charge is 0.155 e. The average Bonchev–Trinajstić information content (AvgIpc) is 2.46. The molecule has 0 fully saturated rings. The lowest BCUT2D eigenvalue weighted by Crippen LogP contribution is -1.96. The van der Waals surface area contributed by atoms with Crippen LogP contribution >= 0.6 is 15.9 Å². The Hall–Kier alpha value is -2.12. The van der Waals surface area contributed by atoms with Crippen LogP contribution in [-0.2, 0) is 0 Å². The number of pyridine rings is 1. The van der Waals surface area contributed by atoms with Crippen molar-refractivity contribution in [1.82, 2.24) is 4.98 Å². The van der Waals surface area contributed by atoms with E-state index in [1.165, 1.54) is 0 Å². The molecule has 19 heavy (non-hydrogen) atoms. The van der Waals surface area contributed by atoms with E-state index in [-0.39, 0.29) is 0 Å². The molecule has 1 aromatic heterocycles. The van der Waals surface area contributed by atoms with Crippen molar-refractivity contribution < 1.29 is 4.74 Å². The molecule has 0 aliphatic carbocycles. The number of aromatic nitrogens is 1. The summed E-state index contributed by atoms with van der Waals surface area (Å²) in [5, 5.41) is 8.90. The van der Waals surface area contributed by atoms with Crippen molar-refractivity contribution >= 4 is 22.0 Å². The molecule has 0 N–H and O–H groups in total. The van der Waals surface area contributed by atoms with E-state index in [2.05, 4.69) is 27.0 Å². The fraction of sp³-hybridized carbons (Fsp3) is 0.0667. The van der Waals surface area contributed by atoms with Gasteiger partial charge in [-0.05, 0) is 29.8 Å². The minimum atomic E-state index is 0.399. The van der Waals surface area contributed by atoms with Gasteiger partial charge in [0.15, 0.2) is 5.75 Å². The summed E-state index contributed by atoms with van der Waals surface area (Å²) in [6.45, 7) is 0.399. The second-order valence-corrected chi connectivity index (χ2v) is 4.66. The number of rotatable bonds is 4. The Balaban J connectivity index is 1.93. The van der Waals surface area contributed by atoms with Crippen LogP contribution in [0.4, 0.5) is 0 Å². The number of hydrogen-bond acceptors (Lipinski definition) is 3. The van der Waals surface area contributed by atoms with E-state index in [1.807, 2.05) is 36.4 Å². The molecule has 0 saturated heterocycles. The molecule has 0 aliphatic rings. The Morgan fingerprint density at radius 3 is 2.79 bits per heavy atom. The van der Waals surface area contributed by atoms with Crippen LogP contribution in [0.2, 0.25) is 0 Å². The van der Waals surface area contributed by atoms with Gasteiger partial charge in [0.1, 0.15) is 12.7 Å². The number of halogens is 1. The lowest BCUT2D eigenvalue weighted by molar-refractivity contribution is 0.361. The molecule has 0 bridgehead atoms. The highest BCUT2D eigenvalue weighted by atomic mass is 79.9. The van der Waals surface area contributed by atoms with Gasteiger partial charge in [-0.25, -0.2) is 0 Å². The third-order valence-corrected chi connectivity index (χ3v) is 2.95. The van der Waals surface area contributed by atoms with Crippen molar-refractivity contribution in [2.45, 2.75) is 0 Å². The van der Waals surface area contributed by atoms with Gasteiger partial charge >= 0.3 is 0 Å². The highest BCUT2D eigenvalue weighted by Gasteiger charge is 2.00. The minimum Gasteiger partial charge on any atom is -0.487 e. The largest absolute Gasteiger partial charge is 0.487 e. The van der Waals surface area contributed by atoms with Crippen molar-refractivity contribution in [2.24, 2.45) is 0 Å². The normalized spacial score (nSPS) is 10.3. The molecule has 0 saturated carbocycles. The van der Waals surface area contributed by atoms with Crippen molar-refractivity contribution in [3.05, 3.63) is 64.4 Å². The summed E-state index contributed by atoms with van der Waals surface area (Å²) in [7, 11) is 0. The summed E-state index contributed by atoms with van der Waals surface area (Å²) in [6.07, 6.45) is 6.99. The third kappa shape index (κ3) is 3.94. The van der Waals surface area contributed by atoms with Crippen molar-refractivity contribution in [3.8, 4) is 11.8 Å². The molecular formula is C15H11BrN2O. The van der Waals surface area contributed by atoms with E-state index in [0.717, 1.165) is 10.0 Å². The predicted molar refractivity (Wildman–Crippen MR) is 77.6 cm³/mol. The van der Waals surface area contributed by atoms with Crippen LogP contribution in [0.15, 0.2) is 53.3 Å². The fourth-order valence-corrected chi connectivity index (χ4v) is 1.75. The van der Waals surface area contributed by atoms with Crippen molar-refractivity contribution in [2.75, 3.05) is 6.61 Å². The maximum Gasteiger partial charge on any atom is 0.155 e. The molecule has 0 amide bonds. The Bertz CT molecular complexity index is 615. The molecule has 1 aromatic carbocycles. The predicted octanol–water partition coefficient (Wildman–Crippen LogP) is 3.81. The SMILES string of the molecule is N#Cc1ccncc1OC/C=C/c1ccc(Br)cc1. The van der Waals surface area contributed by atoms with E-state index in [9.17, 15) is 0 Å². The summed E-state index contributed by atoms with van der Waals surface area (Å²) in [6, 6.07) is 11.7. The van der Waals surface area contributed by atoms with Crippen molar-refractivity contribution in [3.63, 3.8) is 0 Å². The van der Waals surface area contributed by atoms with Crippen LogP contribution in [0.5, 0.6) is 5.75 Å². The molecule has 2 rings (SSSR count). The van der Waals surface area contributed by atoms with Crippen LogP contribution in [0, 0.1) is 11.3 Å². The van der Waals surface area contributed by atoms with Gasteiger partial charge in [-0.3, -0.25) is 4.98 Å². The number of benzene rings is 1. The second-order valence-electron chi connectivity index (χ2n) is 3.75. The van der Waals surface area contributed by atoms with Crippen LogP contribution in [0.1, 0.15) is 11.1 Å². The maximum atomic E-state index is 8.90. The van der Waals surface area contributed by atoms with Crippen LogP contribution in [0.3, 0.4) is 0 Å². The Morgan fingerprint density at radius 1 is 1.26 bits per heavy atom. The highest BCUT2D eigenvalue weighted by Crippen LogP contribution is 2.15. The summed E-state index contributed by atoms with van der Waals surface area (Å²) in [4.78, 5) is 3.93. The number of nitrogens with zero attached hydrogens (tertiary/aromatic N) is 2. The Morgan fingerprint density at radius 2 is 2.05 bits per heavy atom. The van der Waals surface area contributed by atoms with Gasteiger partial charge in [-0.15, -0.1) is 0 Å². The van der Waals surface area contributed by atoms with Gasteiger partial charge in [0.05, 0.1) is 11.8 Å². The van der Waals surface area contributed by atoms with E-state index in [1.54, 1.807) is 18.5 Å². The zero-order valence-electron chi connectivity index (χ0n) is 10.1. The van der Waals surface area contributed by atoms with Gasteiger partial charge in [-0.1, -0.05) is 34.1 Å². The van der Waals surface area contributed by atoms with Crippen LogP contribution in [-0.4, -0.2) is 11.6 Å². The topological polar surface area (TPSA) is 45.9 Å². The molecular weight excluding hydrogens is 304 g/mol. The van der Waals surface area contributed by atoms with Gasteiger partial charge in [0.2, 0.25) is 0 Å². The maximum absolute atomic E-state index is 8.90. The zero-order chi connectivity index (χ0) is 13.5. The first-order chi connectivity index (χ1) is 9.29. The highest BCUT2D eigenvalue weighted by molar-refractivity contribution is 9.10. The van der Waals surface area contributed by atoms with Gasteiger partial charge in [0.25, 0.3) is 0 Å². The van der Waals surface area contributed by atoms with Gasteiger partial charge in [0, 0.05) is 10.7 Å². The van der Waals surface area contributed by atoms with E-state index in [4.69, 9.17) is 10.00 Å². The quantitative estimate of drug-likeness (QED) is 0.862. The number of nitriles is 1. The van der Waals surface area contributed by atoms with Gasteiger partial charge in [-0.2, -0.15) is 5.26 Å². The first kappa shape index (κ1) is 13.3. The molecule has 94 valence electrons. The third-order valence-electron chi connectivity index (χ3n) is 2.42. The molecule has 0 radical (unpaired) electrons. The van der Waals surface area contributed by atoms with Crippen molar-refractivity contribution in [1.29, 1.82) is 5.26 Å². The minimum absolute atomic E-state index is 0.399. The van der Waals surface area contributed by atoms with Crippen LogP contribution in [0.25, 0.3) is 6.08 Å². The molecule has 0 unspecified atom stereocenters. The molecule has 0 spiro atoms. The number of hydrogen-bond donors (Lipinski definition) is 0. The molecule has 2 aromatic rings. The zero-order valence-corrected chi connectivity index (χ0v) is 11.7. The van der Waals surface area contributed by atoms with E-state index >= 15 is 0 Å². The monoisotopic (exact) mass is 314 g/mol. The number of ether oxygens (including phenoxy) is 1. The Labute approximate surface area is 120 Å². The first-order valence-electron chi connectivity index (χ1n) is 5.68. The summed E-state index contributed by atoms with van der Waals surface area (Å²) >= 11 is 3.39. The lowest BCUT2D eigenvalue weighted by Gasteiger charge is -2.03. The fourth-order valence-electron chi connectivity index (χ4n) is 1.48. The second kappa shape index (κ2) is 6.72. The average molecular weight is 315 g/mol. The summed E-state index contributed by atoms with van der Waals surface area (Å²) < 4.78 is 6.54. The summed E-state index contributed by atoms with van der Waals surface area (Å²) in [5.41, 5.74) is 1.59. The standard InChI is InChI=1S/C15H11BrN2O/c16-14-5-3-12(4-6-14)2-1-9-19-15-11-18-8-7-13(15)10-17/h1-8,11H,9H2/b2-1+. The molecule has 0 atom stereocenters. The Kier molecular flexibility index (Phi) is 4.71. The van der Waals surface area contributed by atoms with Crippen LogP contribution < -0.4 is 4.74 Å². The molecule has 4 heteroatoms.